The molecule has 1 aliphatic rings. The van der Waals surface area contributed by atoms with Gasteiger partial charge >= 0.3 is 11.9 Å². The summed E-state index contributed by atoms with van der Waals surface area (Å²) in [5.74, 6) is -2.53. The Labute approximate surface area is 153 Å². The Morgan fingerprint density at radius 2 is 1.92 bits per heavy atom. The molecule has 0 saturated carbocycles. The molecule has 2 amide bonds. The molecule has 1 saturated heterocycles. The highest BCUT2D eigenvalue weighted by Crippen LogP contribution is 2.21. The summed E-state index contributed by atoms with van der Waals surface area (Å²) in [6.07, 6.45) is 1.66. The van der Waals surface area contributed by atoms with Gasteiger partial charge in [0.05, 0.1) is 12.3 Å². The molecule has 8 heteroatoms. The van der Waals surface area contributed by atoms with Crippen LogP contribution >= 0.6 is 0 Å². The number of nitrogens with zero attached hydrogens (tertiary/aromatic N) is 1. The van der Waals surface area contributed by atoms with Crippen molar-refractivity contribution in [1.82, 2.24) is 10.4 Å². The largest absolute Gasteiger partial charge is 0.464 e. The van der Waals surface area contributed by atoms with Crippen LogP contribution in [0, 0.1) is 5.41 Å². The summed E-state index contributed by atoms with van der Waals surface area (Å²) < 4.78 is 5.11. The Kier molecular flexibility index (Phi) is 7.79. The number of esters is 1. The second kappa shape index (κ2) is 9.35. The summed E-state index contributed by atoms with van der Waals surface area (Å²) in [6, 6.07) is -0.881. The summed E-state index contributed by atoms with van der Waals surface area (Å²) in [7, 11) is 0. The summed E-state index contributed by atoms with van der Waals surface area (Å²) in [5.41, 5.74) is 0.533. The van der Waals surface area contributed by atoms with Gasteiger partial charge in [-0.1, -0.05) is 27.4 Å². The Bertz CT molecular complexity index is 563. The highest BCUT2D eigenvalue weighted by Gasteiger charge is 2.29. The van der Waals surface area contributed by atoms with E-state index in [4.69, 9.17) is 9.57 Å². The molecule has 8 nitrogen and oxygen atoms in total. The van der Waals surface area contributed by atoms with Crippen LogP contribution in [0.1, 0.15) is 59.8 Å². The Hall–Kier alpha value is -2.38. The molecular formula is C18H28N2O6. The molecule has 0 aliphatic carbocycles. The quantitative estimate of drug-likeness (QED) is 0.398. The minimum atomic E-state index is -0.898. The molecule has 1 atom stereocenters. The first-order valence-corrected chi connectivity index (χ1v) is 8.67. The van der Waals surface area contributed by atoms with Gasteiger partial charge in [-0.3, -0.25) is 9.59 Å². The number of nitrogens with one attached hydrogen (secondary N) is 1. The molecule has 0 aromatic carbocycles. The second-order valence-corrected chi connectivity index (χ2v) is 7.52. The molecule has 146 valence electrons. The van der Waals surface area contributed by atoms with Crippen molar-refractivity contribution < 1.29 is 28.8 Å². The summed E-state index contributed by atoms with van der Waals surface area (Å²) in [6.45, 7) is 11.7. The fraction of sp³-hybridized carbons (Fsp3) is 0.667. The minimum Gasteiger partial charge on any atom is -0.464 e. The number of amides is 2. The number of allylic oxidation sites excluding steroid dienone is 1. The van der Waals surface area contributed by atoms with E-state index in [-0.39, 0.29) is 24.3 Å². The van der Waals surface area contributed by atoms with Crippen molar-refractivity contribution in [2.45, 2.75) is 65.8 Å². The van der Waals surface area contributed by atoms with Crippen LogP contribution in [0.25, 0.3) is 0 Å². The number of ether oxygens (including phenoxy) is 1. The van der Waals surface area contributed by atoms with Crippen molar-refractivity contribution in [1.29, 1.82) is 0 Å². The summed E-state index contributed by atoms with van der Waals surface area (Å²) in [4.78, 5) is 51.7. The lowest BCUT2D eigenvalue weighted by molar-refractivity contribution is -0.187. The van der Waals surface area contributed by atoms with Crippen LogP contribution in [0.3, 0.4) is 0 Å². The van der Waals surface area contributed by atoms with Crippen molar-refractivity contribution in [2.24, 2.45) is 5.41 Å². The predicted octanol–water partition coefficient (Wildman–Crippen LogP) is 1.84. The van der Waals surface area contributed by atoms with Gasteiger partial charge in [0.2, 0.25) is 5.91 Å². The lowest BCUT2D eigenvalue weighted by atomic mass is 9.91. The third-order valence-electron chi connectivity index (χ3n) is 3.69. The molecule has 1 aliphatic heterocycles. The van der Waals surface area contributed by atoms with E-state index in [1.807, 2.05) is 0 Å². The van der Waals surface area contributed by atoms with E-state index in [1.54, 1.807) is 0 Å². The van der Waals surface area contributed by atoms with Crippen molar-refractivity contribution in [3.8, 4) is 0 Å². The standard InChI is InChI=1S/C18H28N2O6/c1-12-7-8-15(22)20(12)26-16(23)11-14(21)19-13(2)17(24)25-10-6-9-18(3,4)5/h13H,1,6-11H2,2-5H3,(H,19,21). The smallest absolute Gasteiger partial charge is 0.342 e. The Morgan fingerprint density at radius 3 is 2.46 bits per heavy atom. The van der Waals surface area contributed by atoms with Crippen LogP contribution in [0.5, 0.6) is 0 Å². The lowest BCUT2D eigenvalue weighted by Gasteiger charge is -2.18. The maximum atomic E-state index is 11.8. The fourth-order valence-electron chi connectivity index (χ4n) is 2.26. The van der Waals surface area contributed by atoms with E-state index < -0.39 is 30.3 Å². The molecule has 0 spiro atoms. The van der Waals surface area contributed by atoms with E-state index in [9.17, 15) is 19.2 Å². The molecule has 0 radical (unpaired) electrons. The van der Waals surface area contributed by atoms with Crippen molar-refractivity contribution in [3.05, 3.63) is 12.3 Å². The number of carbonyl (C=O) groups is 4. The van der Waals surface area contributed by atoms with Crippen LogP contribution < -0.4 is 5.32 Å². The first-order chi connectivity index (χ1) is 12.0. The van der Waals surface area contributed by atoms with Crippen molar-refractivity contribution >= 4 is 23.8 Å². The monoisotopic (exact) mass is 368 g/mol. The third kappa shape index (κ3) is 7.67. The normalized spacial score (nSPS) is 15.6. The fourth-order valence-corrected chi connectivity index (χ4v) is 2.26. The van der Waals surface area contributed by atoms with Crippen LogP contribution in [0.4, 0.5) is 0 Å². The Morgan fingerprint density at radius 1 is 1.27 bits per heavy atom. The van der Waals surface area contributed by atoms with Crippen LogP contribution in [-0.4, -0.2) is 41.5 Å². The molecule has 0 aromatic rings. The molecule has 1 fully saturated rings. The molecule has 26 heavy (non-hydrogen) atoms. The minimum absolute atomic E-state index is 0.161. The van der Waals surface area contributed by atoms with E-state index in [1.165, 1.54) is 6.92 Å². The predicted molar refractivity (Wildman–Crippen MR) is 93.2 cm³/mol. The van der Waals surface area contributed by atoms with Crippen molar-refractivity contribution in [3.63, 3.8) is 0 Å². The lowest BCUT2D eigenvalue weighted by Crippen LogP contribution is -2.41. The number of hydrogen-bond acceptors (Lipinski definition) is 6. The van der Waals surface area contributed by atoms with Crippen LogP contribution in [0.15, 0.2) is 12.3 Å². The van der Waals surface area contributed by atoms with E-state index >= 15 is 0 Å². The van der Waals surface area contributed by atoms with E-state index in [0.717, 1.165) is 17.9 Å². The maximum absolute atomic E-state index is 11.8. The SMILES string of the molecule is C=C1CCC(=O)N1OC(=O)CC(=O)NC(C)C(=O)OCCCC(C)(C)C. The highest BCUT2D eigenvalue weighted by atomic mass is 16.7. The first kappa shape index (κ1) is 21.7. The van der Waals surface area contributed by atoms with Gasteiger partial charge in [0.1, 0.15) is 12.5 Å². The van der Waals surface area contributed by atoms with Crippen LogP contribution in [-0.2, 0) is 28.8 Å². The zero-order chi connectivity index (χ0) is 19.9. The van der Waals surface area contributed by atoms with Gasteiger partial charge in [-0.25, -0.2) is 9.59 Å². The second-order valence-electron chi connectivity index (χ2n) is 7.52. The molecule has 0 aromatic heterocycles. The van der Waals surface area contributed by atoms with Crippen molar-refractivity contribution in [2.75, 3.05) is 6.61 Å². The number of hydrogen-bond donors (Lipinski definition) is 1. The maximum Gasteiger partial charge on any atom is 0.342 e. The topological polar surface area (TPSA) is 102 Å². The van der Waals surface area contributed by atoms with Gasteiger partial charge < -0.3 is 14.9 Å². The van der Waals surface area contributed by atoms with Gasteiger partial charge in [0, 0.05) is 6.42 Å². The van der Waals surface area contributed by atoms with E-state index in [0.29, 0.717) is 12.1 Å². The number of hydroxylamine groups is 2. The van der Waals surface area contributed by atoms with Gasteiger partial charge in [-0.05, 0) is 31.6 Å². The number of rotatable bonds is 8. The number of carbonyl (C=O) groups excluding carboxylic acids is 4. The zero-order valence-electron chi connectivity index (χ0n) is 15.9. The molecule has 1 unspecified atom stereocenters. The van der Waals surface area contributed by atoms with Gasteiger partial charge in [-0.15, -0.1) is 5.06 Å². The van der Waals surface area contributed by atoms with Gasteiger partial charge in [-0.2, -0.15) is 0 Å². The average molecular weight is 368 g/mol. The first-order valence-electron chi connectivity index (χ1n) is 8.67. The van der Waals surface area contributed by atoms with Gasteiger partial charge in [0.15, 0.2) is 0 Å². The van der Waals surface area contributed by atoms with E-state index in [2.05, 4.69) is 32.7 Å². The zero-order valence-corrected chi connectivity index (χ0v) is 15.9. The molecule has 1 heterocycles. The average Bonchev–Trinajstić information content (AvgIpc) is 2.82. The highest BCUT2D eigenvalue weighted by molar-refractivity contribution is 5.96. The molecule has 1 rings (SSSR count). The summed E-state index contributed by atoms with van der Waals surface area (Å²) in [5, 5.41) is 3.18. The molecule has 0 bridgehead atoms. The molecule has 1 N–H and O–H groups in total. The molecular weight excluding hydrogens is 340 g/mol. The van der Waals surface area contributed by atoms with Crippen LogP contribution in [0.2, 0.25) is 0 Å². The van der Waals surface area contributed by atoms with Gasteiger partial charge in [0.25, 0.3) is 5.91 Å². The third-order valence-corrected chi connectivity index (χ3v) is 3.69. The summed E-state index contributed by atoms with van der Waals surface area (Å²) >= 11 is 0. The Balaban J connectivity index is 2.30.